The van der Waals surface area contributed by atoms with Gasteiger partial charge in [-0.05, 0) is 25.7 Å². The molecule has 1 fully saturated rings. The molecule has 1 aliphatic rings. The Hall–Kier alpha value is -0.260. The minimum absolute atomic E-state index is 0.246. The second-order valence-corrected chi connectivity index (χ2v) is 7.43. The van der Waals surface area contributed by atoms with Crippen molar-refractivity contribution in [3.63, 3.8) is 0 Å². The van der Waals surface area contributed by atoms with Gasteiger partial charge in [-0.15, -0.1) is 0 Å². The summed E-state index contributed by atoms with van der Waals surface area (Å²) in [5.41, 5.74) is 0. The number of Topliss-reactive ketones (excluding diaryl/α,β-unsaturated/α-hetero) is 1. The van der Waals surface area contributed by atoms with Gasteiger partial charge in [-0.25, -0.2) is 0 Å². The molecule has 1 saturated heterocycles. The van der Waals surface area contributed by atoms with E-state index in [-0.39, 0.29) is 18.2 Å². The van der Waals surface area contributed by atoms with Gasteiger partial charge in [0, 0.05) is 20.8 Å². The molecule has 1 heterocycles. The largest absolute Gasteiger partial charge is 0.353 e. The van der Waals surface area contributed by atoms with Crippen LogP contribution in [-0.4, -0.2) is 45.2 Å². The zero-order valence-corrected chi connectivity index (χ0v) is 14.1. The van der Waals surface area contributed by atoms with Crippen LogP contribution in [0, 0.1) is 0 Å². The molecule has 0 amide bonds. The van der Waals surface area contributed by atoms with E-state index in [1.807, 2.05) is 6.92 Å². The number of ether oxygens (including phenoxy) is 2. The molecule has 21 heavy (non-hydrogen) atoms. The number of hydrogen-bond donors (Lipinski definition) is 0. The summed E-state index contributed by atoms with van der Waals surface area (Å²) < 4.78 is 33.0. The fraction of sp³-hybridized carbons (Fsp3) is 0.929. The Morgan fingerprint density at radius 3 is 2.57 bits per heavy atom. The lowest BCUT2D eigenvalue weighted by atomic mass is 10.1. The minimum atomic E-state index is -3.35. The molecule has 124 valence electrons. The minimum Gasteiger partial charge on any atom is -0.353 e. The molecule has 2 unspecified atom stereocenters. The molecule has 7 heteroatoms. The van der Waals surface area contributed by atoms with Crippen LogP contribution in [-0.2, 0) is 27.9 Å². The predicted octanol–water partition coefficient (Wildman–Crippen LogP) is 3.14. The summed E-state index contributed by atoms with van der Waals surface area (Å²) >= 11 is 0. The van der Waals surface area contributed by atoms with Crippen LogP contribution in [0.2, 0.25) is 0 Å². The van der Waals surface area contributed by atoms with Crippen LogP contribution in [0.1, 0.15) is 45.4 Å². The number of rotatable bonds is 10. The predicted molar refractivity (Wildman–Crippen MR) is 79.5 cm³/mol. The first-order valence-corrected chi connectivity index (χ1v) is 9.27. The molecule has 0 aromatic rings. The van der Waals surface area contributed by atoms with Crippen LogP contribution in [0.25, 0.3) is 0 Å². The summed E-state index contributed by atoms with van der Waals surface area (Å²) in [6, 6.07) is 0. The lowest BCUT2D eigenvalue weighted by Gasteiger charge is -2.27. The Morgan fingerprint density at radius 1 is 1.33 bits per heavy atom. The van der Waals surface area contributed by atoms with Crippen molar-refractivity contribution >= 4 is 13.4 Å². The molecule has 0 bridgehead atoms. The number of carbonyl (C=O) groups excluding carboxylic acids is 1. The van der Waals surface area contributed by atoms with Gasteiger partial charge in [-0.1, -0.05) is 19.8 Å². The van der Waals surface area contributed by atoms with Gasteiger partial charge in [0.15, 0.2) is 12.1 Å². The number of ketones is 1. The van der Waals surface area contributed by atoms with E-state index in [4.69, 9.17) is 18.5 Å². The average molecular weight is 322 g/mol. The van der Waals surface area contributed by atoms with Crippen LogP contribution in [0.3, 0.4) is 0 Å². The Kier molecular flexibility index (Phi) is 8.67. The fourth-order valence-corrected chi connectivity index (χ4v) is 3.19. The van der Waals surface area contributed by atoms with Crippen molar-refractivity contribution in [1.29, 1.82) is 0 Å². The Morgan fingerprint density at radius 2 is 2.05 bits per heavy atom. The smallest absolute Gasteiger partial charge is 0.337 e. The van der Waals surface area contributed by atoms with Gasteiger partial charge >= 0.3 is 7.60 Å². The Labute approximate surface area is 127 Å². The summed E-state index contributed by atoms with van der Waals surface area (Å²) in [5.74, 6) is -0.246. The second kappa shape index (κ2) is 9.70. The van der Waals surface area contributed by atoms with Gasteiger partial charge in [0.2, 0.25) is 0 Å². The molecule has 1 aliphatic heterocycles. The summed E-state index contributed by atoms with van der Waals surface area (Å²) in [5, 5.41) is 0. The number of carbonyl (C=O) groups is 1. The zero-order chi connectivity index (χ0) is 15.7. The van der Waals surface area contributed by atoms with E-state index in [0.717, 1.165) is 32.1 Å². The van der Waals surface area contributed by atoms with Gasteiger partial charge in [0.05, 0.1) is 0 Å². The third-order valence-electron chi connectivity index (χ3n) is 3.54. The van der Waals surface area contributed by atoms with Crippen molar-refractivity contribution in [2.45, 2.75) is 57.8 Å². The van der Waals surface area contributed by atoms with E-state index in [1.54, 1.807) is 0 Å². The van der Waals surface area contributed by atoms with Crippen LogP contribution in [0.15, 0.2) is 0 Å². The summed E-state index contributed by atoms with van der Waals surface area (Å²) in [4.78, 5) is 12.3. The highest BCUT2D eigenvalue weighted by Crippen LogP contribution is 2.46. The van der Waals surface area contributed by atoms with E-state index < -0.39 is 13.7 Å². The molecule has 6 nitrogen and oxygen atoms in total. The molecular weight excluding hydrogens is 295 g/mol. The highest BCUT2D eigenvalue weighted by molar-refractivity contribution is 7.54. The molecule has 1 rings (SSSR count). The van der Waals surface area contributed by atoms with E-state index in [2.05, 4.69) is 0 Å². The average Bonchev–Trinajstić information content (AvgIpc) is 2.52. The number of hydrogen-bond acceptors (Lipinski definition) is 6. The van der Waals surface area contributed by atoms with Gasteiger partial charge in [0.25, 0.3) is 0 Å². The SMILES string of the molecule is CCCCC(OC1CCCCO1)C(=O)CP(=O)(OC)OC. The molecule has 2 atom stereocenters. The second-order valence-electron chi connectivity index (χ2n) is 5.16. The maximum absolute atomic E-state index is 12.3. The highest BCUT2D eigenvalue weighted by Gasteiger charge is 2.32. The number of unbranched alkanes of at least 4 members (excludes halogenated alkanes) is 1. The highest BCUT2D eigenvalue weighted by atomic mass is 31.2. The van der Waals surface area contributed by atoms with Gasteiger partial charge in [0.1, 0.15) is 12.3 Å². The third-order valence-corrected chi connectivity index (χ3v) is 5.35. The normalized spacial score (nSPS) is 21.2. The van der Waals surface area contributed by atoms with Crippen molar-refractivity contribution in [2.24, 2.45) is 0 Å². The molecule has 0 aromatic carbocycles. The van der Waals surface area contributed by atoms with Crippen LogP contribution in [0.4, 0.5) is 0 Å². The zero-order valence-electron chi connectivity index (χ0n) is 13.2. The first kappa shape index (κ1) is 18.8. The topological polar surface area (TPSA) is 71.1 Å². The van der Waals surface area contributed by atoms with E-state index in [1.165, 1.54) is 14.2 Å². The molecule has 0 aromatic heterocycles. The van der Waals surface area contributed by atoms with Crippen LogP contribution in [0.5, 0.6) is 0 Å². The van der Waals surface area contributed by atoms with Crippen molar-refractivity contribution in [1.82, 2.24) is 0 Å². The van der Waals surface area contributed by atoms with Gasteiger partial charge in [-0.3, -0.25) is 9.36 Å². The van der Waals surface area contributed by atoms with Crippen LogP contribution >= 0.6 is 7.60 Å². The molecule has 0 aliphatic carbocycles. The van der Waals surface area contributed by atoms with Crippen molar-refractivity contribution in [3.05, 3.63) is 0 Å². The van der Waals surface area contributed by atoms with Crippen molar-refractivity contribution in [3.8, 4) is 0 Å². The molecule has 0 saturated carbocycles. The molecule has 0 radical (unpaired) electrons. The van der Waals surface area contributed by atoms with Gasteiger partial charge < -0.3 is 18.5 Å². The van der Waals surface area contributed by atoms with E-state index >= 15 is 0 Å². The maximum Gasteiger partial charge on any atom is 0.337 e. The van der Waals surface area contributed by atoms with E-state index in [9.17, 15) is 9.36 Å². The molecular formula is C14H27O6P. The Bertz CT molecular complexity index is 345. The van der Waals surface area contributed by atoms with Crippen LogP contribution < -0.4 is 0 Å². The first-order valence-electron chi connectivity index (χ1n) is 7.55. The Balaban J connectivity index is 2.61. The fourth-order valence-electron chi connectivity index (χ4n) is 2.19. The van der Waals surface area contributed by atoms with Gasteiger partial charge in [-0.2, -0.15) is 0 Å². The maximum atomic E-state index is 12.3. The molecule has 0 N–H and O–H groups in total. The third kappa shape index (κ3) is 6.57. The monoisotopic (exact) mass is 322 g/mol. The van der Waals surface area contributed by atoms with Crippen molar-refractivity contribution < 1.29 is 27.9 Å². The quantitative estimate of drug-likeness (QED) is 0.575. The van der Waals surface area contributed by atoms with Crippen molar-refractivity contribution in [2.75, 3.05) is 27.0 Å². The molecule has 0 spiro atoms. The lowest BCUT2D eigenvalue weighted by molar-refractivity contribution is -0.191. The lowest BCUT2D eigenvalue weighted by Crippen LogP contribution is -2.34. The van der Waals surface area contributed by atoms with E-state index in [0.29, 0.717) is 13.0 Å². The summed E-state index contributed by atoms with van der Waals surface area (Å²) in [6.45, 7) is 2.71. The summed E-state index contributed by atoms with van der Waals surface area (Å²) in [6.07, 6.45) is 4.08. The standard InChI is InChI=1S/C14H27O6P/c1-4-5-8-13(20-14-9-6-7-10-19-14)12(15)11-21(16,17-2)18-3/h13-14H,4-11H2,1-3H3. The summed E-state index contributed by atoms with van der Waals surface area (Å²) in [7, 11) is -0.784. The first-order chi connectivity index (χ1) is 10.0.